The summed E-state index contributed by atoms with van der Waals surface area (Å²) in [6, 6.07) is 8.32. The lowest BCUT2D eigenvalue weighted by molar-refractivity contribution is 0.403. The molecule has 0 amide bonds. The van der Waals surface area contributed by atoms with Gasteiger partial charge in [-0.2, -0.15) is 5.10 Å². The number of hydrogen-bond acceptors (Lipinski definition) is 6. The summed E-state index contributed by atoms with van der Waals surface area (Å²) < 4.78 is 7.01. The minimum absolute atomic E-state index is 0.189. The normalized spacial score (nSPS) is 12.3. The van der Waals surface area contributed by atoms with Gasteiger partial charge in [0.05, 0.1) is 12.5 Å². The van der Waals surface area contributed by atoms with Crippen LogP contribution in [-0.4, -0.2) is 28.2 Å². The zero-order valence-electron chi connectivity index (χ0n) is 11.7. The first-order valence-electron chi connectivity index (χ1n) is 6.43. The predicted octanol–water partition coefficient (Wildman–Crippen LogP) is 2.63. The number of furan rings is 1. The van der Waals surface area contributed by atoms with E-state index in [9.17, 15) is 10.2 Å². The number of para-hydroxylation sites is 1. The van der Waals surface area contributed by atoms with Gasteiger partial charge in [0.1, 0.15) is 5.69 Å². The Morgan fingerprint density at radius 1 is 1.23 bits per heavy atom. The third-order valence-electron chi connectivity index (χ3n) is 3.01. The van der Waals surface area contributed by atoms with Crippen LogP contribution < -0.4 is 4.80 Å². The van der Waals surface area contributed by atoms with E-state index in [1.165, 1.54) is 23.6 Å². The van der Waals surface area contributed by atoms with Crippen LogP contribution in [-0.2, 0) is 0 Å². The average Bonchev–Trinajstić information content (AvgIpc) is 3.17. The van der Waals surface area contributed by atoms with Gasteiger partial charge >= 0.3 is 0 Å². The van der Waals surface area contributed by atoms with Crippen LogP contribution in [0.1, 0.15) is 5.56 Å². The highest BCUT2D eigenvalue weighted by Crippen LogP contribution is 2.27. The van der Waals surface area contributed by atoms with Crippen molar-refractivity contribution in [1.29, 1.82) is 0 Å². The summed E-state index contributed by atoms with van der Waals surface area (Å²) in [7, 11) is 1.68. The van der Waals surface area contributed by atoms with E-state index in [-0.39, 0.29) is 11.5 Å². The Bertz CT molecular complexity index is 876. The Balaban J connectivity index is 2.07. The molecular weight excluding hydrogens is 302 g/mol. The predicted molar refractivity (Wildman–Crippen MR) is 84.3 cm³/mol. The van der Waals surface area contributed by atoms with E-state index in [2.05, 4.69) is 10.1 Å². The van der Waals surface area contributed by atoms with Gasteiger partial charge in [-0.3, -0.25) is 4.99 Å². The number of benzene rings is 1. The minimum Gasteiger partial charge on any atom is -0.504 e. The molecule has 0 aliphatic heterocycles. The topological polar surface area (TPSA) is 83.2 Å². The average molecular weight is 315 g/mol. The van der Waals surface area contributed by atoms with E-state index in [4.69, 9.17) is 4.42 Å². The molecule has 0 radical (unpaired) electrons. The summed E-state index contributed by atoms with van der Waals surface area (Å²) in [6.45, 7) is 0. The monoisotopic (exact) mass is 315 g/mol. The number of phenolic OH excluding ortho intramolecular Hbond substituents is 2. The number of aromatic nitrogens is 1. The maximum absolute atomic E-state index is 9.82. The zero-order valence-corrected chi connectivity index (χ0v) is 12.5. The molecule has 0 saturated carbocycles. The Morgan fingerprint density at radius 3 is 2.82 bits per heavy atom. The smallest absolute Gasteiger partial charge is 0.206 e. The molecule has 2 heterocycles. The van der Waals surface area contributed by atoms with Crippen molar-refractivity contribution in [2.45, 2.75) is 0 Å². The molecule has 0 atom stereocenters. The maximum atomic E-state index is 9.82. The second kappa shape index (κ2) is 5.90. The van der Waals surface area contributed by atoms with Crippen LogP contribution >= 0.6 is 11.3 Å². The summed E-state index contributed by atoms with van der Waals surface area (Å²) in [5, 5.41) is 25.6. The quantitative estimate of drug-likeness (QED) is 0.575. The fourth-order valence-electron chi connectivity index (χ4n) is 1.93. The van der Waals surface area contributed by atoms with Crippen molar-refractivity contribution < 1.29 is 14.6 Å². The standard InChI is InChI=1S/C15H13N3O3S/c1-16-15-18(11(9-22-15)13-6-3-7-21-13)17-8-10-4-2-5-12(19)14(10)20/h2-9,19-20H,1H3. The van der Waals surface area contributed by atoms with Gasteiger partial charge < -0.3 is 14.6 Å². The highest BCUT2D eigenvalue weighted by atomic mass is 32.1. The zero-order chi connectivity index (χ0) is 15.5. The van der Waals surface area contributed by atoms with E-state index in [1.807, 2.05) is 11.4 Å². The number of phenols is 2. The molecule has 112 valence electrons. The van der Waals surface area contributed by atoms with Gasteiger partial charge in [-0.1, -0.05) is 6.07 Å². The number of hydrogen-bond donors (Lipinski definition) is 2. The largest absolute Gasteiger partial charge is 0.504 e. The number of aromatic hydroxyl groups is 2. The molecule has 0 spiro atoms. The minimum atomic E-state index is -0.211. The lowest BCUT2D eigenvalue weighted by Gasteiger charge is -2.02. The van der Waals surface area contributed by atoms with Crippen LogP contribution in [0.5, 0.6) is 11.5 Å². The van der Waals surface area contributed by atoms with E-state index >= 15 is 0 Å². The summed E-state index contributed by atoms with van der Waals surface area (Å²) >= 11 is 1.43. The Hall–Kier alpha value is -2.80. The van der Waals surface area contributed by atoms with Crippen molar-refractivity contribution in [1.82, 2.24) is 4.68 Å². The SMILES string of the molecule is CN=c1scc(-c2ccco2)n1N=Cc1cccc(O)c1O. The molecule has 1 aromatic carbocycles. The van der Waals surface area contributed by atoms with Gasteiger partial charge in [0.2, 0.25) is 4.80 Å². The second-order valence-electron chi connectivity index (χ2n) is 4.38. The van der Waals surface area contributed by atoms with Crippen LogP contribution in [0.15, 0.2) is 56.5 Å². The first kappa shape index (κ1) is 14.2. The van der Waals surface area contributed by atoms with Gasteiger partial charge in [0.25, 0.3) is 0 Å². The van der Waals surface area contributed by atoms with Crippen molar-refractivity contribution >= 4 is 17.6 Å². The van der Waals surface area contributed by atoms with Crippen molar-refractivity contribution in [2.24, 2.45) is 10.1 Å². The third kappa shape index (κ3) is 2.53. The number of thiazole rings is 1. The summed E-state index contributed by atoms with van der Waals surface area (Å²) in [6.07, 6.45) is 3.05. The number of rotatable bonds is 3. The van der Waals surface area contributed by atoms with Gasteiger partial charge in [0.15, 0.2) is 17.3 Å². The molecule has 0 unspecified atom stereocenters. The maximum Gasteiger partial charge on any atom is 0.206 e. The summed E-state index contributed by atoms with van der Waals surface area (Å²) in [5.74, 6) is 0.269. The van der Waals surface area contributed by atoms with Crippen molar-refractivity contribution in [3.8, 4) is 23.0 Å². The third-order valence-corrected chi connectivity index (χ3v) is 3.92. The van der Waals surface area contributed by atoms with E-state index in [0.29, 0.717) is 16.1 Å². The van der Waals surface area contributed by atoms with Crippen LogP contribution in [0.3, 0.4) is 0 Å². The molecule has 6 nitrogen and oxygen atoms in total. The van der Waals surface area contributed by atoms with Gasteiger partial charge in [-0.25, -0.2) is 4.68 Å². The lowest BCUT2D eigenvalue weighted by atomic mass is 10.2. The van der Waals surface area contributed by atoms with Gasteiger partial charge in [-0.15, -0.1) is 11.3 Å². The van der Waals surface area contributed by atoms with Crippen LogP contribution in [0, 0.1) is 0 Å². The van der Waals surface area contributed by atoms with Crippen LogP contribution in [0.25, 0.3) is 11.5 Å². The molecular formula is C15H13N3O3S. The molecule has 3 rings (SSSR count). The highest BCUT2D eigenvalue weighted by molar-refractivity contribution is 7.07. The van der Waals surface area contributed by atoms with Crippen molar-refractivity contribution in [2.75, 3.05) is 7.05 Å². The summed E-state index contributed by atoms with van der Waals surface area (Å²) in [4.78, 5) is 4.85. The summed E-state index contributed by atoms with van der Waals surface area (Å²) in [5.41, 5.74) is 1.16. The van der Waals surface area contributed by atoms with Crippen molar-refractivity contribution in [3.63, 3.8) is 0 Å². The second-order valence-corrected chi connectivity index (χ2v) is 5.21. The van der Waals surface area contributed by atoms with E-state index < -0.39 is 0 Å². The molecule has 7 heteroatoms. The van der Waals surface area contributed by atoms with Crippen LogP contribution in [0.2, 0.25) is 0 Å². The molecule has 2 aromatic heterocycles. The van der Waals surface area contributed by atoms with Crippen molar-refractivity contribution in [3.05, 3.63) is 52.3 Å². The fourth-order valence-corrected chi connectivity index (χ4v) is 2.71. The van der Waals surface area contributed by atoms with Gasteiger partial charge in [-0.05, 0) is 24.3 Å². The first-order valence-corrected chi connectivity index (χ1v) is 7.31. The molecule has 0 aliphatic rings. The first-order chi connectivity index (χ1) is 10.7. The molecule has 3 aromatic rings. The molecule has 2 N–H and O–H groups in total. The Morgan fingerprint density at radius 2 is 2.09 bits per heavy atom. The molecule has 22 heavy (non-hydrogen) atoms. The van der Waals surface area contributed by atoms with E-state index in [0.717, 1.165) is 5.69 Å². The van der Waals surface area contributed by atoms with Crippen LogP contribution in [0.4, 0.5) is 0 Å². The van der Waals surface area contributed by atoms with Gasteiger partial charge in [0, 0.05) is 18.0 Å². The molecule has 0 saturated heterocycles. The molecule has 0 bridgehead atoms. The van der Waals surface area contributed by atoms with E-state index in [1.54, 1.807) is 36.2 Å². The fraction of sp³-hybridized carbons (Fsp3) is 0.0667. The molecule has 0 aliphatic carbocycles. The molecule has 0 fully saturated rings. The lowest BCUT2D eigenvalue weighted by Crippen LogP contribution is -2.11. The highest BCUT2D eigenvalue weighted by Gasteiger charge is 2.10. The number of nitrogens with zero attached hydrogens (tertiary/aromatic N) is 3. The Kier molecular flexibility index (Phi) is 3.80. The Labute approximate surface area is 129 Å².